The van der Waals surface area contributed by atoms with Gasteiger partial charge >= 0.3 is 7.60 Å². The number of rotatable bonds is 11. The number of fused-ring (bicyclic) bond motifs is 2. The Morgan fingerprint density at radius 1 is 1.03 bits per heavy atom. The van der Waals surface area contributed by atoms with Gasteiger partial charge in [0.2, 0.25) is 11.8 Å². The number of aryl methyl sites for hydroxylation is 1. The molecule has 320 valence electrons. The van der Waals surface area contributed by atoms with E-state index in [1.54, 1.807) is 69.8 Å². The van der Waals surface area contributed by atoms with Gasteiger partial charge in [0.25, 0.3) is 11.3 Å². The summed E-state index contributed by atoms with van der Waals surface area (Å²) in [6, 6.07) is 4.79. The van der Waals surface area contributed by atoms with E-state index >= 15 is 4.39 Å². The number of hydrogen-bond donors (Lipinski definition) is 1. The van der Waals surface area contributed by atoms with Crippen LogP contribution in [0.1, 0.15) is 101 Å². The van der Waals surface area contributed by atoms with E-state index in [1.807, 2.05) is 11.6 Å². The first kappa shape index (κ1) is 43.9. The normalized spacial score (nSPS) is 27.6. The van der Waals surface area contributed by atoms with Gasteiger partial charge in [-0.3, -0.25) is 33.1 Å². The Hall–Kier alpha value is -3.15. The van der Waals surface area contributed by atoms with Crippen LogP contribution in [-0.2, 0) is 45.2 Å². The highest BCUT2D eigenvalue weighted by Crippen LogP contribution is 2.77. The molecule has 0 aliphatic carbocycles. The molecule has 6 heterocycles. The van der Waals surface area contributed by atoms with Gasteiger partial charge in [0.15, 0.2) is 10.2 Å². The zero-order valence-corrected chi connectivity index (χ0v) is 37.7. The van der Waals surface area contributed by atoms with Crippen molar-refractivity contribution >= 4 is 80.5 Å². The van der Waals surface area contributed by atoms with E-state index in [-0.39, 0.29) is 57.7 Å². The monoisotopic (exact) mass is 890 g/mol. The second-order valence-corrected chi connectivity index (χ2v) is 23.1. The standard InChI is InChI=1S/C40H52FN6O8PS3/c1-38(2,3)36(51)57-16-15-54-56(53)40(41,31(55-56)21-58-37(52)39(4,5)6)25-11-14-29-23(17-25)18-30(59-29)33(48)43-27-10-8-9-26-12-13-28(47(26)34(27)49)35(50)46-19-24(20-46)32-44-42-22-45(32)7/h11,14,17-18,22,24,26-28,31H,8-10,12-13,15-16,19-21H2,1-7H3,(H,43,48)/t26-,27-,28-,31?,40?,56?/m0/s1. The van der Waals surface area contributed by atoms with E-state index in [1.165, 1.54) is 23.5 Å². The maximum absolute atomic E-state index is 17.5. The fourth-order valence-corrected chi connectivity index (χ4v) is 13.2. The Morgan fingerprint density at radius 3 is 2.42 bits per heavy atom. The molecule has 59 heavy (non-hydrogen) atoms. The molecule has 19 heteroatoms. The summed E-state index contributed by atoms with van der Waals surface area (Å²) in [5.74, 6) is 0.145. The van der Waals surface area contributed by atoms with Gasteiger partial charge in [0.1, 0.15) is 30.3 Å². The van der Waals surface area contributed by atoms with Crippen molar-refractivity contribution in [2.75, 3.05) is 31.2 Å². The fraction of sp³-hybridized carbons (Fsp3) is 0.625. The second kappa shape index (κ2) is 16.6. The topological polar surface area (TPSA) is 170 Å². The molecule has 1 N–H and O–H groups in total. The van der Waals surface area contributed by atoms with Gasteiger partial charge in [0, 0.05) is 58.8 Å². The molecule has 14 nitrogen and oxygen atoms in total. The number of benzene rings is 1. The van der Waals surface area contributed by atoms with Crippen LogP contribution in [-0.4, -0.2) is 108 Å². The number of carbonyl (C=O) groups is 5. The summed E-state index contributed by atoms with van der Waals surface area (Å²) in [5, 5.41) is 8.72. The van der Waals surface area contributed by atoms with E-state index in [0.717, 1.165) is 42.2 Å². The first-order chi connectivity index (χ1) is 27.7. The van der Waals surface area contributed by atoms with Crippen molar-refractivity contribution in [2.45, 2.75) is 109 Å². The van der Waals surface area contributed by atoms with Crippen LogP contribution in [0.25, 0.3) is 10.1 Å². The minimum absolute atomic E-state index is 0.0245. The molecule has 7 rings (SSSR count). The van der Waals surface area contributed by atoms with Crippen molar-refractivity contribution in [3.05, 3.63) is 46.9 Å². The SMILES string of the molecule is Cn1cnnc1C1CN(C(=O)[C@@H]2CC[C@@H]3CCC[C@H](NC(=O)c4cc5cc(C6(F)C(CSC(=O)C(C)(C)C)OP6(=O)OCCSC(=O)C(C)(C)C)ccc5s4)C(=O)N32)C1. The molecule has 4 aliphatic heterocycles. The number of alkyl halides is 1. The van der Waals surface area contributed by atoms with Crippen molar-refractivity contribution in [3.8, 4) is 0 Å². The van der Waals surface area contributed by atoms with E-state index in [9.17, 15) is 28.5 Å². The molecule has 2 aromatic heterocycles. The lowest BCUT2D eigenvalue weighted by Crippen LogP contribution is -2.58. The van der Waals surface area contributed by atoms with Crippen molar-refractivity contribution in [3.63, 3.8) is 0 Å². The number of likely N-dealkylation sites (tertiary alicyclic amines) is 1. The first-order valence-corrected chi connectivity index (χ1v) is 24.3. The number of nitrogens with one attached hydrogen (secondary N) is 1. The quantitative estimate of drug-likeness (QED) is 0.161. The van der Waals surface area contributed by atoms with Gasteiger partial charge in [-0.05, 0) is 55.7 Å². The largest absolute Gasteiger partial charge is 0.375 e. The molecule has 3 unspecified atom stereocenters. The molecule has 4 fully saturated rings. The lowest BCUT2D eigenvalue weighted by Gasteiger charge is -2.48. The third-order valence-corrected chi connectivity index (χ3v) is 17.5. The molecular weight excluding hydrogens is 839 g/mol. The second-order valence-electron chi connectivity index (χ2n) is 17.9. The molecule has 4 saturated heterocycles. The van der Waals surface area contributed by atoms with Gasteiger partial charge in [-0.1, -0.05) is 71.1 Å². The average Bonchev–Trinajstić information content (AvgIpc) is 3.88. The molecule has 3 aromatic rings. The molecular formula is C40H52FN6O8PS3. The van der Waals surface area contributed by atoms with Gasteiger partial charge in [0.05, 0.1) is 17.4 Å². The minimum Gasteiger partial charge on any atom is -0.340 e. The lowest BCUT2D eigenvalue weighted by molar-refractivity contribution is -0.148. The van der Waals surface area contributed by atoms with E-state index < -0.39 is 47.9 Å². The molecule has 1 aromatic carbocycles. The zero-order valence-electron chi connectivity index (χ0n) is 34.4. The molecule has 4 aliphatic rings. The van der Waals surface area contributed by atoms with E-state index in [2.05, 4.69) is 15.5 Å². The maximum atomic E-state index is 17.5. The van der Waals surface area contributed by atoms with Crippen LogP contribution in [0.4, 0.5) is 4.39 Å². The highest BCUT2D eigenvalue weighted by Gasteiger charge is 2.70. The van der Waals surface area contributed by atoms with E-state index in [0.29, 0.717) is 47.3 Å². The molecule has 3 amide bonds. The average molecular weight is 891 g/mol. The van der Waals surface area contributed by atoms with Crippen LogP contribution in [0.5, 0.6) is 0 Å². The number of thioether (sulfide) groups is 2. The number of nitrogens with zero attached hydrogens (tertiary/aromatic N) is 5. The Labute approximate surface area is 356 Å². The minimum atomic E-state index is -4.43. The van der Waals surface area contributed by atoms with Crippen molar-refractivity contribution in [1.82, 2.24) is 29.9 Å². The van der Waals surface area contributed by atoms with Crippen molar-refractivity contribution in [1.29, 1.82) is 0 Å². The smallest absolute Gasteiger partial charge is 0.340 e. The molecule has 0 saturated carbocycles. The maximum Gasteiger partial charge on any atom is 0.375 e. The van der Waals surface area contributed by atoms with Gasteiger partial charge < -0.3 is 24.2 Å². The number of thiophene rings is 1. The summed E-state index contributed by atoms with van der Waals surface area (Å²) in [6.45, 7) is 11.5. The fourth-order valence-electron chi connectivity index (χ4n) is 7.96. The van der Waals surface area contributed by atoms with Gasteiger partial charge in [-0.25, -0.2) is 4.39 Å². The van der Waals surface area contributed by atoms with Crippen LogP contribution in [0.3, 0.4) is 0 Å². The Morgan fingerprint density at radius 2 is 1.75 bits per heavy atom. The van der Waals surface area contributed by atoms with Crippen molar-refractivity contribution in [2.24, 2.45) is 17.9 Å². The van der Waals surface area contributed by atoms with Crippen LogP contribution in [0.2, 0.25) is 0 Å². The summed E-state index contributed by atoms with van der Waals surface area (Å²) in [7, 11) is -2.56. The summed E-state index contributed by atoms with van der Waals surface area (Å²) in [6.07, 6.45) is 3.56. The summed E-state index contributed by atoms with van der Waals surface area (Å²) in [5.41, 5.74) is -1.26. The molecule has 0 spiro atoms. The Balaban J connectivity index is 1.05. The van der Waals surface area contributed by atoms with Crippen LogP contribution in [0, 0.1) is 10.8 Å². The van der Waals surface area contributed by atoms with Crippen LogP contribution >= 0.6 is 42.5 Å². The molecule has 6 atom stereocenters. The predicted molar refractivity (Wildman–Crippen MR) is 226 cm³/mol. The van der Waals surface area contributed by atoms with Crippen LogP contribution in [0.15, 0.2) is 30.6 Å². The van der Waals surface area contributed by atoms with Crippen molar-refractivity contribution < 1.29 is 42.0 Å². The summed E-state index contributed by atoms with van der Waals surface area (Å²) in [4.78, 5) is 70.6. The summed E-state index contributed by atoms with van der Waals surface area (Å²) >= 11 is 3.09. The molecule has 0 radical (unpaired) electrons. The highest BCUT2D eigenvalue weighted by molar-refractivity contribution is 8.14. The Bertz CT molecular complexity index is 2190. The van der Waals surface area contributed by atoms with Gasteiger partial charge in [-0.2, -0.15) is 0 Å². The lowest BCUT2D eigenvalue weighted by atomic mass is 9.97. The predicted octanol–water partition coefficient (Wildman–Crippen LogP) is 6.64. The number of hydrogen-bond acceptors (Lipinski definition) is 13. The third kappa shape index (κ3) is 8.55. The number of amides is 3. The Kier molecular flexibility index (Phi) is 12.4. The summed E-state index contributed by atoms with van der Waals surface area (Å²) < 4.78 is 45.4. The number of aromatic nitrogens is 3. The van der Waals surface area contributed by atoms with Crippen LogP contribution < -0.4 is 5.32 Å². The highest BCUT2D eigenvalue weighted by atomic mass is 32.2. The number of carbonyl (C=O) groups excluding carboxylic acids is 5. The first-order valence-electron chi connectivity index (χ1n) is 20.0. The van der Waals surface area contributed by atoms with E-state index in [4.69, 9.17) is 9.05 Å². The number of halogens is 1. The van der Waals surface area contributed by atoms with Gasteiger partial charge in [-0.15, -0.1) is 21.5 Å². The third-order valence-electron chi connectivity index (χ3n) is 11.4. The molecule has 0 bridgehead atoms. The zero-order chi connectivity index (χ0) is 42.7.